The highest BCUT2D eigenvalue weighted by atomic mass is 79.9. The summed E-state index contributed by atoms with van der Waals surface area (Å²) in [6, 6.07) is 12.1. The molecule has 0 unspecified atom stereocenters. The second-order valence-corrected chi connectivity index (χ2v) is 6.71. The lowest BCUT2D eigenvalue weighted by Gasteiger charge is -2.17. The summed E-state index contributed by atoms with van der Waals surface area (Å²) in [7, 11) is 2.00. The first-order valence-electron chi connectivity index (χ1n) is 8.08. The van der Waals surface area contributed by atoms with Gasteiger partial charge in [-0.25, -0.2) is 4.98 Å². The number of hydrogen-bond donors (Lipinski definition) is 1. The van der Waals surface area contributed by atoms with Gasteiger partial charge in [0.05, 0.1) is 0 Å². The fourth-order valence-corrected chi connectivity index (χ4v) is 2.67. The smallest absolute Gasteiger partial charge is 0.227 e. The fourth-order valence-electron chi connectivity index (χ4n) is 2.42. The van der Waals surface area contributed by atoms with Gasteiger partial charge in [-0.2, -0.15) is 4.98 Å². The molecule has 0 amide bonds. The summed E-state index contributed by atoms with van der Waals surface area (Å²) in [5, 5.41) is 3.33. The zero-order valence-electron chi connectivity index (χ0n) is 14.3. The molecule has 1 N–H and O–H groups in total. The SMILES string of the molecule is Cc1cc(Nc2ccnc(N(C)CCc3ccncc3)n2)ccc1Br. The number of halogens is 1. The van der Waals surface area contributed by atoms with E-state index < -0.39 is 0 Å². The number of nitrogens with zero attached hydrogens (tertiary/aromatic N) is 4. The van der Waals surface area contributed by atoms with Crippen molar-refractivity contribution in [2.24, 2.45) is 0 Å². The number of likely N-dealkylation sites (N-methyl/N-ethyl adjacent to an activating group) is 1. The van der Waals surface area contributed by atoms with Gasteiger partial charge in [-0.15, -0.1) is 0 Å². The first-order chi connectivity index (χ1) is 12.1. The topological polar surface area (TPSA) is 53.9 Å². The molecule has 1 aromatic carbocycles. The van der Waals surface area contributed by atoms with Crippen LogP contribution in [0, 0.1) is 6.92 Å². The number of aromatic nitrogens is 3. The van der Waals surface area contributed by atoms with Gasteiger partial charge in [-0.1, -0.05) is 15.9 Å². The molecule has 0 spiro atoms. The van der Waals surface area contributed by atoms with E-state index in [1.54, 1.807) is 6.20 Å². The monoisotopic (exact) mass is 397 g/mol. The molecule has 3 rings (SSSR count). The van der Waals surface area contributed by atoms with Gasteiger partial charge in [0.15, 0.2) is 0 Å². The number of hydrogen-bond acceptors (Lipinski definition) is 5. The van der Waals surface area contributed by atoms with Crippen LogP contribution in [0.1, 0.15) is 11.1 Å². The van der Waals surface area contributed by atoms with Gasteiger partial charge >= 0.3 is 0 Å². The van der Waals surface area contributed by atoms with Crippen molar-refractivity contribution in [3.8, 4) is 0 Å². The van der Waals surface area contributed by atoms with Crippen molar-refractivity contribution >= 4 is 33.4 Å². The number of nitrogens with one attached hydrogen (secondary N) is 1. The van der Waals surface area contributed by atoms with Crippen LogP contribution in [0.25, 0.3) is 0 Å². The van der Waals surface area contributed by atoms with Gasteiger partial charge in [0.25, 0.3) is 0 Å². The van der Waals surface area contributed by atoms with Crippen molar-refractivity contribution in [1.82, 2.24) is 15.0 Å². The molecular formula is C19H20BrN5. The van der Waals surface area contributed by atoms with Gasteiger partial charge in [-0.05, 0) is 60.9 Å². The Kier molecular flexibility index (Phi) is 5.60. The molecule has 0 fully saturated rings. The molecule has 0 radical (unpaired) electrons. The molecule has 0 atom stereocenters. The Bertz CT molecular complexity index is 838. The van der Waals surface area contributed by atoms with E-state index in [2.05, 4.69) is 54.1 Å². The molecule has 128 valence electrons. The van der Waals surface area contributed by atoms with E-state index in [-0.39, 0.29) is 0 Å². The first-order valence-corrected chi connectivity index (χ1v) is 8.87. The van der Waals surface area contributed by atoms with E-state index in [9.17, 15) is 0 Å². The summed E-state index contributed by atoms with van der Waals surface area (Å²) in [5.74, 6) is 1.48. The quantitative estimate of drug-likeness (QED) is 0.669. The van der Waals surface area contributed by atoms with Crippen molar-refractivity contribution in [2.75, 3.05) is 23.8 Å². The number of pyridine rings is 1. The minimum Gasteiger partial charge on any atom is -0.343 e. The molecule has 0 aliphatic rings. The van der Waals surface area contributed by atoms with Crippen molar-refractivity contribution in [1.29, 1.82) is 0 Å². The minimum atomic E-state index is 0.702. The summed E-state index contributed by atoms with van der Waals surface area (Å²) >= 11 is 3.52. The molecule has 5 nitrogen and oxygen atoms in total. The molecular weight excluding hydrogens is 378 g/mol. The Morgan fingerprint density at radius 2 is 1.88 bits per heavy atom. The first kappa shape index (κ1) is 17.4. The van der Waals surface area contributed by atoms with Gasteiger partial charge in [0, 0.05) is 42.3 Å². The van der Waals surface area contributed by atoms with Crippen LogP contribution in [-0.2, 0) is 6.42 Å². The lowest BCUT2D eigenvalue weighted by molar-refractivity contribution is 0.837. The molecule has 0 aliphatic heterocycles. The molecule has 2 aromatic heterocycles. The van der Waals surface area contributed by atoms with E-state index in [4.69, 9.17) is 0 Å². The highest BCUT2D eigenvalue weighted by Gasteiger charge is 2.06. The predicted octanol–water partition coefficient (Wildman–Crippen LogP) is 4.37. The van der Waals surface area contributed by atoms with Crippen LogP contribution in [0.2, 0.25) is 0 Å². The Hall–Kier alpha value is -2.47. The Morgan fingerprint density at radius 3 is 2.64 bits per heavy atom. The summed E-state index contributed by atoms with van der Waals surface area (Å²) in [5.41, 5.74) is 3.43. The van der Waals surface area contributed by atoms with Crippen molar-refractivity contribution in [3.05, 3.63) is 70.6 Å². The lowest BCUT2D eigenvalue weighted by atomic mass is 10.2. The normalized spacial score (nSPS) is 10.5. The zero-order valence-corrected chi connectivity index (χ0v) is 15.9. The second kappa shape index (κ2) is 8.07. The van der Waals surface area contributed by atoms with Crippen molar-refractivity contribution < 1.29 is 0 Å². The summed E-state index contributed by atoms with van der Waals surface area (Å²) in [4.78, 5) is 15.1. The van der Waals surface area contributed by atoms with Crippen LogP contribution >= 0.6 is 15.9 Å². The molecule has 25 heavy (non-hydrogen) atoms. The zero-order chi connectivity index (χ0) is 17.6. The Labute approximate surface area is 156 Å². The summed E-state index contributed by atoms with van der Waals surface area (Å²) < 4.78 is 1.09. The average molecular weight is 398 g/mol. The third kappa shape index (κ3) is 4.76. The predicted molar refractivity (Wildman–Crippen MR) is 105 cm³/mol. The van der Waals surface area contributed by atoms with E-state index in [0.717, 1.165) is 28.9 Å². The largest absolute Gasteiger partial charge is 0.343 e. The van der Waals surface area contributed by atoms with Crippen LogP contribution < -0.4 is 10.2 Å². The highest BCUT2D eigenvalue weighted by Crippen LogP contribution is 2.22. The molecule has 0 saturated carbocycles. The lowest BCUT2D eigenvalue weighted by Crippen LogP contribution is -2.22. The Morgan fingerprint density at radius 1 is 1.08 bits per heavy atom. The maximum Gasteiger partial charge on any atom is 0.227 e. The van der Waals surface area contributed by atoms with Gasteiger partial charge in [0.1, 0.15) is 5.82 Å². The third-order valence-electron chi connectivity index (χ3n) is 3.90. The van der Waals surface area contributed by atoms with Crippen LogP contribution in [0.15, 0.2) is 59.5 Å². The fraction of sp³-hybridized carbons (Fsp3) is 0.211. The van der Waals surface area contributed by atoms with Crippen molar-refractivity contribution in [2.45, 2.75) is 13.3 Å². The van der Waals surface area contributed by atoms with Gasteiger partial charge in [0.2, 0.25) is 5.95 Å². The van der Waals surface area contributed by atoms with Crippen molar-refractivity contribution in [3.63, 3.8) is 0 Å². The highest BCUT2D eigenvalue weighted by molar-refractivity contribution is 9.10. The molecule has 2 heterocycles. The van der Waals surface area contributed by atoms with Gasteiger partial charge in [-0.3, -0.25) is 4.98 Å². The number of aryl methyl sites for hydroxylation is 1. The van der Waals surface area contributed by atoms with Crippen LogP contribution in [-0.4, -0.2) is 28.5 Å². The molecule has 0 saturated heterocycles. The second-order valence-electron chi connectivity index (χ2n) is 5.86. The van der Waals surface area contributed by atoms with E-state index >= 15 is 0 Å². The number of rotatable bonds is 6. The number of benzene rings is 1. The maximum atomic E-state index is 4.61. The van der Waals surface area contributed by atoms with E-state index in [1.807, 2.05) is 49.8 Å². The third-order valence-corrected chi connectivity index (χ3v) is 4.79. The van der Waals surface area contributed by atoms with Crippen LogP contribution in [0.3, 0.4) is 0 Å². The maximum absolute atomic E-state index is 4.61. The van der Waals surface area contributed by atoms with Crippen LogP contribution in [0.5, 0.6) is 0 Å². The Balaban J connectivity index is 1.66. The molecule has 0 aliphatic carbocycles. The van der Waals surface area contributed by atoms with E-state index in [0.29, 0.717) is 5.95 Å². The minimum absolute atomic E-state index is 0.702. The summed E-state index contributed by atoms with van der Waals surface area (Å²) in [6.45, 7) is 2.90. The van der Waals surface area contributed by atoms with Crippen LogP contribution in [0.4, 0.5) is 17.5 Å². The van der Waals surface area contributed by atoms with E-state index in [1.165, 1.54) is 11.1 Å². The molecule has 6 heteroatoms. The average Bonchev–Trinajstić information content (AvgIpc) is 2.64. The molecule has 3 aromatic rings. The number of anilines is 3. The molecule has 0 bridgehead atoms. The summed E-state index contributed by atoms with van der Waals surface area (Å²) in [6.07, 6.45) is 6.33. The standard InChI is InChI=1S/C19H20BrN5/c1-14-13-16(3-4-17(14)20)23-18-7-11-22-19(24-18)25(2)12-8-15-5-9-21-10-6-15/h3-7,9-11,13H,8,12H2,1-2H3,(H,22,23,24). The van der Waals surface area contributed by atoms with Gasteiger partial charge < -0.3 is 10.2 Å².